The Bertz CT molecular complexity index is 1030. The number of fused-ring (bicyclic) bond motifs is 1. The number of H-pyrrole nitrogens is 1. The Morgan fingerprint density at radius 1 is 1.17 bits per heavy atom. The lowest BCUT2D eigenvalue weighted by Gasteiger charge is -2.32. The Morgan fingerprint density at radius 2 is 2.00 bits per heavy atom. The van der Waals surface area contributed by atoms with Crippen LogP contribution in [0.25, 0.3) is 10.9 Å². The normalized spacial score (nSPS) is 16.8. The molecule has 150 valence electrons. The molecule has 2 N–H and O–H groups in total. The summed E-state index contributed by atoms with van der Waals surface area (Å²) in [7, 11) is 1.62. The first-order valence-electron chi connectivity index (χ1n) is 9.88. The number of carbonyl (C=O) groups excluding carboxylic acids is 2. The van der Waals surface area contributed by atoms with Crippen LogP contribution >= 0.6 is 0 Å². The molecular formula is C23H25N3O3. The number of likely N-dealkylation sites (tertiary alicyclic amines) is 1. The number of piperidine rings is 1. The van der Waals surface area contributed by atoms with Gasteiger partial charge in [-0.25, -0.2) is 0 Å². The van der Waals surface area contributed by atoms with Crippen molar-refractivity contribution in [1.29, 1.82) is 0 Å². The molecule has 0 bridgehead atoms. The van der Waals surface area contributed by atoms with Crippen molar-refractivity contribution in [3.8, 4) is 5.75 Å². The van der Waals surface area contributed by atoms with E-state index in [1.54, 1.807) is 12.0 Å². The highest BCUT2D eigenvalue weighted by Gasteiger charge is 2.30. The molecule has 2 aromatic carbocycles. The second-order valence-corrected chi connectivity index (χ2v) is 7.40. The van der Waals surface area contributed by atoms with Crippen LogP contribution < -0.4 is 10.1 Å². The van der Waals surface area contributed by atoms with Crippen molar-refractivity contribution in [2.24, 2.45) is 5.92 Å². The quantitative estimate of drug-likeness (QED) is 0.677. The minimum atomic E-state index is -0.201. The summed E-state index contributed by atoms with van der Waals surface area (Å²) in [5, 5.41) is 4.17. The fraction of sp³-hybridized carbons (Fsp3) is 0.304. The molecule has 0 aliphatic carbocycles. The van der Waals surface area contributed by atoms with Gasteiger partial charge < -0.3 is 19.9 Å². The van der Waals surface area contributed by atoms with E-state index < -0.39 is 0 Å². The van der Waals surface area contributed by atoms with Gasteiger partial charge in [0.2, 0.25) is 11.8 Å². The Balaban J connectivity index is 1.40. The van der Waals surface area contributed by atoms with Crippen molar-refractivity contribution < 1.29 is 14.3 Å². The number of aromatic amines is 1. The van der Waals surface area contributed by atoms with Gasteiger partial charge >= 0.3 is 0 Å². The molecule has 1 saturated heterocycles. The highest BCUT2D eigenvalue weighted by atomic mass is 16.5. The number of hydrogen-bond donors (Lipinski definition) is 2. The van der Waals surface area contributed by atoms with Crippen LogP contribution in [0.3, 0.4) is 0 Å². The summed E-state index contributed by atoms with van der Waals surface area (Å²) in [5.74, 6) is 0.631. The molecule has 0 spiro atoms. The predicted molar refractivity (Wildman–Crippen MR) is 111 cm³/mol. The fourth-order valence-corrected chi connectivity index (χ4v) is 3.95. The van der Waals surface area contributed by atoms with Crippen LogP contribution in [0, 0.1) is 5.92 Å². The maximum Gasteiger partial charge on any atom is 0.225 e. The average Bonchev–Trinajstić information content (AvgIpc) is 3.23. The maximum atomic E-state index is 12.8. The Labute approximate surface area is 169 Å². The zero-order valence-electron chi connectivity index (χ0n) is 16.5. The van der Waals surface area contributed by atoms with Crippen LogP contribution in [0.5, 0.6) is 5.75 Å². The smallest absolute Gasteiger partial charge is 0.225 e. The van der Waals surface area contributed by atoms with Gasteiger partial charge in [0, 0.05) is 48.7 Å². The molecule has 1 fully saturated rings. The van der Waals surface area contributed by atoms with Gasteiger partial charge in [-0.2, -0.15) is 0 Å². The van der Waals surface area contributed by atoms with Gasteiger partial charge in [-0.1, -0.05) is 30.3 Å². The van der Waals surface area contributed by atoms with E-state index in [0.29, 0.717) is 32.5 Å². The summed E-state index contributed by atoms with van der Waals surface area (Å²) in [6.07, 6.45) is 2.88. The number of aromatic nitrogens is 1. The molecule has 0 radical (unpaired) electrons. The van der Waals surface area contributed by atoms with Crippen LogP contribution in [0.15, 0.2) is 54.7 Å². The summed E-state index contributed by atoms with van der Waals surface area (Å²) in [6, 6.07) is 15.7. The van der Waals surface area contributed by atoms with Crippen LogP contribution in [0.2, 0.25) is 0 Å². The standard InChI is InChI=1S/C23H25N3O3/c1-29-21-8-3-2-5-17(21)14-26-15-18(9-10-22(26)27)23(28)25-13-16-6-4-7-20-19(16)11-12-24-20/h2-8,11-12,18,24H,9-10,13-15H2,1H3,(H,25,28)/t18-/m0/s1. The minimum absolute atomic E-state index is 0.00457. The summed E-state index contributed by atoms with van der Waals surface area (Å²) >= 11 is 0. The molecular weight excluding hydrogens is 366 g/mol. The molecule has 1 aliphatic rings. The Morgan fingerprint density at radius 3 is 2.86 bits per heavy atom. The van der Waals surface area contributed by atoms with Gasteiger partial charge in [0.05, 0.1) is 13.0 Å². The number of carbonyl (C=O) groups is 2. The number of hydrogen-bond acceptors (Lipinski definition) is 3. The molecule has 2 heterocycles. The first-order chi connectivity index (χ1) is 14.2. The highest BCUT2D eigenvalue weighted by molar-refractivity contribution is 5.85. The van der Waals surface area contributed by atoms with Crippen molar-refractivity contribution in [1.82, 2.24) is 15.2 Å². The lowest BCUT2D eigenvalue weighted by Crippen LogP contribution is -2.45. The zero-order valence-corrected chi connectivity index (χ0v) is 16.5. The molecule has 1 aromatic heterocycles. The molecule has 6 heteroatoms. The summed E-state index contributed by atoms with van der Waals surface area (Å²) in [5.41, 5.74) is 3.08. The lowest BCUT2D eigenvalue weighted by molar-refractivity contribution is -0.139. The molecule has 3 aromatic rings. The molecule has 1 atom stereocenters. The summed E-state index contributed by atoms with van der Waals surface area (Å²) in [4.78, 5) is 30.2. The van der Waals surface area contributed by atoms with Gasteiger partial charge in [0.1, 0.15) is 5.75 Å². The van der Waals surface area contributed by atoms with E-state index >= 15 is 0 Å². The van der Waals surface area contributed by atoms with Gasteiger partial charge in [-0.05, 0) is 30.2 Å². The Kier molecular flexibility index (Phi) is 5.51. The largest absolute Gasteiger partial charge is 0.496 e. The van der Waals surface area contributed by atoms with Gasteiger partial charge in [-0.15, -0.1) is 0 Å². The fourth-order valence-electron chi connectivity index (χ4n) is 3.95. The van der Waals surface area contributed by atoms with Gasteiger partial charge in [0.15, 0.2) is 0 Å². The molecule has 29 heavy (non-hydrogen) atoms. The van der Waals surface area contributed by atoms with E-state index in [4.69, 9.17) is 4.74 Å². The van der Waals surface area contributed by atoms with Crippen molar-refractivity contribution in [3.05, 3.63) is 65.9 Å². The van der Waals surface area contributed by atoms with Crippen LogP contribution in [0.1, 0.15) is 24.0 Å². The number of rotatable bonds is 6. The molecule has 6 nitrogen and oxygen atoms in total. The van der Waals surface area contributed by atoms with Gasteiger partial charge in [0.25, 0.3) is 0 Å². The van der Waals surface area contributed by atoms with E-state index in [-0.39, 0.29) is 17.7 Å². The third kappa shape index (κ3) is 4.11. The molecule has 0 unspecified atom stereocenters. The third-order valence-electron chi connectivity index (χ3n) is 5.56. The molecule has 0 saturated carbocycles. The number of amides is 2. The number of nitrogens with one attached hydrogen (secondary N) is 2. The van der Waals surface area contributed by atoms with E-state index in [0.717, 1.165) is 27.8 Å². The first kappa shape index (κ1) is 19.1. The second-order valence-electron chi connectivity index (χ2n) is 7.40. The molecule has 4 rings (SSSR count). The number of ether oxygens (including phenoxy) is 1. The monoisotopic (exact) mass is 391 g/mol. The zero-order chi connectivity index (χ0) is 20.2. The first-order valence-corrected chi connectivity index (χ1v) is 9.88. The van der Waals surface area contributed by atoms with Crippen molar-refractivity contribution in [3.63, 3.8) is 0 Å². The van der Waals surface area contributed by atoms with E-state index in [2.05, 4.69) is 10.3 Å². The Hall–Kier alpha value is -3.28. The number of benzene rings is 2. The third-order valence-corrected chi connectivity index (χ3v) is 5.56. The number of methoxy groups -OCH3 is 1. The van der Waals surface area contributed by atoms with Crippen LogP contribution in [-0.2, 0) is 22.7 Å². The van der Waals surface area contributed by atoms with Crippen molar-refractivity contribution in [2.75, 3.05) is 13.7 Å². The summed E-state index contributed by atoms with van der Waals surface area (Å²) in [6.45, 7) is 1.36. The average molecular weight is 391 g/mol. The van der Waals surface area contributed by atoms with Crippen molar-refractivity contribution in [2.45, 2.75) is 25.9 Å². The van der Waals surface area contributed by atoms with Crippen LogP contribution in [-0.4, -0.2) is 35.4 Å². The lowest BCUT2D eigenvalue weighted by atomic mass is 9.96. The van der Waals surface area contributed by atoms with Crippen LogP contribution in [0.4, 0.5) is 0 Å². The highest BCUT2D eigenvalue weighted by Crippen LogP contribution is 2.24. The topological polar surface area (TPSA) is 74.4 Å². The second kappa shape index (κ2) is 8.39. The number of nitrogens with zero attached hydrogens (tertiary/aromatic N) is 1. The predicted octanol–water partition coefficient (Wildman–Crippen LogP) is 3.23. The SMILES string of the molecule is COc1ccccc1CN1C[C@@H](C(=O)NCc2cccc3[nH]ccc23)CCC1=O. The van der Waals surface area contributed by atoms with E-state index in [1.165, 1.54) is 0 Å². The number of para-hydroxylation sites is 1. The maximum absolute atomic E-state index is 12.8. The van der Waals surface area contributed by atoms with E-state index in [9.17, 15) is 9.59 Å². The molecule has 1 aliphatic heterocycles. The van der Waals surface area contributed by atoms with Gasteiger partial charge in [-0.3, -0.25) is 9.59 Å². The molecule has 2 amide bonds. The van der Waals surface area contributed by atoms with Crippen molar-refractivity contribution >= 4 is 22.7 Å². The van der Waals surface area contributed by atoms with E-state index in [1.807, 2.05) is 54.7 Å². The summed E-state index contributed by atoms with van der Waals surface area (Å²) < 4.78 is 5.39. The minimum Gasteiger partial charge on any atom is -0.496 e.